The van der Waals surface area contributed by atoms with E-state index in [1.807, 2.05) is 6.07 Å². The van der Waals surface area contributed by atoms with Crippen LogP contribution < -0.4 is 0 Å². The molecule has 0 aliphatic rings. The number of aryl methyl sites for hydroxylation is 2. The van der Waals surface area contributed by atoms with Crippen LogP contribution in [0.5, 0.6) is 0 Å². The zero-order chi connectivity index (χ0) is 15.4. The van der Waals surface area contributed by atoms with E-state index in [0.29, 0.717) is 16.5 Å². The number of imidazole rings is 1. The lowest BCUT2D eigenvalue weighted by molar-refractivity contribution is -0.137. The van der Waals surface area contributed by atoms with Gasteiger partial charge in [-0.2, -0.15) is 0 Å². The fraction of sp³-hybridized carbons (Fsp3) is 0.467. The smallest absolute Gasteiger partial charge is 0.303 e. The Hall–Kier alpha value is -1.26. The molecule has 0 unspecified atom stereocenters. The number of carboxylic acid groups (broad SMARTS) is 1. The number of benzene rings is 1. The topological polar surface area (TPSA) is 55.1 Å². The van der Waals surface area contributed by atoms with Crippen LogP contribution in [-0.2, 0) is 17.8 Å². The maximum absolute atomic E-state index is 10.6. The molecule has 114 valence electrons. The minimum atomic E-state index is -0.755. The van der Waals surface area contributed by atoms with Gasteiger partial charge in [-0.15, -0.1) is 0 Å². The Balaban J connectivity index is 2.27. The summed E-state index contributed by atoms with van der Waals surface area (Å²) in [6.07, 6.45) is 3.53. The van der Waals surface area contributed by atoms with Gasteiger partial charge in [-0.1, -0.05) is 30.1 Å². The lowest BCUT2D eigenvalue weighted by atomic mass is 10.2. The second-order valence-electron chi connectivity index (χ2n) is 5.04. The summed E-state index contributed by atoms with van der Waals surface area (Å²) in [5.74, 6) is 0.246. The maximum atomic E-state index is 10.6. The molecular formula is C15H18Cl2N2O2. The van der Waals surface area contributed by atoms with E-state index >= 15 is 0 Å². The summed E-state index contributed by atoms with van der Waals surface area (Å²) in [5.41, 5.74) is 1.80. The van der Waals surface area contributed by atoms with E-state index < -0.39 is 5.97 Å². The van der Waals surface area contributed by atoms with Gasteiger partial charge in [0.1, 0.15) is 5.82 Å². The third kappa shape index (κ3) is 3.89. The molecule has 0 aliphatic carbocycles. The second kappa shape index (κ2) is 7.14. The molecule has 2 rings (SSSR count). The number of carbonyl (C=O) groups is 1. The number of hydrogen-bond acceptors (Lipinski definition) is 2. The fourth-order valence-corrected chi connectivity index (χ4v) is 2.70. The van der Waals surface area contributed by atoms with Crippen molar-refractivity contribution in [1.29, 1.82) is 0 Å². The van der Waals surface area contributed by atoms with E-state index in [9.17, 15) is 4.79 Å². The Bertz CT molecular complexity index is 653. The number of aromatic nitrogens is 2. The van der Waals surface area contributed by atoms with Crippen molar-refractivity contribution >= 4 is 40.2 Å². The quantitative estimate of drug-likeness (QED) is 0.758. The molecule has 0 saturated carbocycles. The maximum Gasteiger partial charge on any atom is 0.303 e. The van der Waals surface area contributed by atoms with Crippen molar-refractivity contribution in [3.8, 4) is 0 Å². The number of fused-ring (bicyclic) bond motifs is 1. The average Bonchev–Trinajstić information content (AvgIpc) is 2.73. The standard InChI is InChI=1S/C15H18Cl2N2O2/c1-2-5-14-18-12-8-10(16)11(17)9-13(12)19(14)7-4-3-6-15(20)21/h8-9H,2-7H2,1H3,(H,20,21). The molecule has 0 bridgehead atoms. The molecule has 6 heteroatoms. The Kier molecular flexibility index (Phi) is 5.48. The van der Waals surface area contributed by atoms with Gasteiger partial charge < -0.3 is 9.67 Å². The van der Waals surface area contributed by atoms with Gasteiger partial charge in [-0.25, -0.2) is 4.98 Å². The summed E-state index contributed by atoms with van der Waals surface area (Å²) in [4.78, 5) is 15.2. The van der Waals surface area contributed by atoms with Gasteiger partial charge in [-0.05, 0) is 31.4 Å². The molecular weight excluding hydrogens is 311 g/mol. The van der Waals surface area contributed by atoms with Crippen LogP contribution in [-0.4, -0.2) is 20.6 Å². The first-order valence-electron chi connectivity index (χ1n) is 7.09. The number of unbranched alkanes of at least 4 members (excludes halogenated alkanes) is 1. The number of hydrogen-bond donors (Lipinski definition) is 1. The SMILES string of the molecule is CCCc1nc2cc(Cl)c(Cl)cc2n1CCCCC(=O)O. The van der Waals surface area contributed by atoms with Crippen LogP contribution in [0, 0.1) is 0 Å². The molecule has 0 atom stereocenters. The highest BCUT2D eigenvalue weighted by Crippen LogP contribution is 2.29. The van der Waals surface area contributed by atoms with E-state index in [1.54, 1.807) is 6.07 Å². The van der Waals surface area contributed by atoms with Crippen LogP contribution in [0.2, 0.25) is 10.0 Å². The highest BCUT2D eigenvalue weighted by atomic mass is 35.5. The Morgan fingerprint density at radius 3 is 2.67 bits per heavy atom. The first kappa shape index (κ1) is 16.1. The number of aliphatic carboxylic acids is 1. The molecule has 0 spiro atoms. The lowest BCUT2D eigenvalue weighted by Crippen LogP contribution is -2.05. The van der Waals surface area contributed by atoms with Crippen molar-refractivity contribution in [2.45, 2.75) is 45.6 Å². The van der Waals surface area contributed by atoms with Crippen molar-refractivity contribution in [2.75, 3.05) is 0 Å². The summed E-state index contributed by atoms with van der Waals surface area (Å²) in [5, 5.41) is 9.71. The summed E-state index contributed by atoms with van der Waals surface area (Å²) in [6.45, 7) is 2.85. The van der Waals surface area contributed by atoms with E-state index in [0.717, 1.165) is 42.7 Å². The molecule has 0 saturated heterocycles. The van der Waals surface area contributed by atoms with E-state index in [1.165, 1.54) is 0 Å². The Morgan fingerprint density at radius 2 is 2.00 bits per heavy atom. The largest absolute Gasteiger partial charge is 0.481 e. The number of rotatable bonds is 7. The number of nitrogens with zero attached hydrogens (tertiary/aromatic N) is 2. The van der Waals surface area contributed by atoms with Crippen molar-refractivity contribution in [1.82, 2.24) is 9.55 Å². The molecule has 0 radical (unpaired) electrons. The van der Waals surface area contributed by atoms with Gasteiger partial charge in [0.25, 0.3) is 0 Å². The monoisotopic (exact) mass is 328 g/mol. The first-order chi connectivity index (χ1) is 10.0. The van der Waals surface area contributed by atoms with Gasteiger partial charge in [0.2, 0.25) is 0 Å². The predicted octanol–water partition coefficient (Wildman–Crippen LogP) is 4.55. The van der Waals surface area contributed by atoms with E-state index in [4.69, 9.17) is 28.3 Å². The zero-order valence-electron chi connectivity index (χ0n) is 11.9. The predicted molar refractivity (Wildman–Crippen MR) is 85.2 cm³/mol. The van der Waals surface area contributed by atoms with Crippen molar-refractivity contribution in [2.24, 2.45) is 0 Å². The summed E-state index contributed by atoms with van der Waals surface area (Å²) < 4.78 is 2.13. The summed E-state index contributed by atoms with van der Waals surface area (Å²) >= 11 is 12.1. The average molecular weight is 329 g/mol. The van der Waals surface area contributed by atoms with Gasteiger partial charge >= 0.3 is 5.97 Å². The lowest BCUT2D eigenvalue weighted by Gasteiger charge is -2.08. The molecule has 1 N–H and O–H groups in total. The van der Waals surface area contributed by atoms with Crippen molar-refractivity contribution in [3.05, 3.63) is 28.0 Å². The van der Waals surface area contributed by atoms with E-state index in [-0.39, 0.29) is 6.42 Å². The Labute approximate surface area is 133 Å². The van der Waals surface area contributed by atoms with Crippen LogP contribution in [0.1, 0.15) is 38.4 Å². The van der Waals surface area contributed by atoms with Gasteiger partial charge in [0.05, 0.1) is 21.1 Å². The van der Waals surface area contributed by atoms with Crippen LogP contribution in [0.25, 0.3) is 11.0 Å². The normalized spacial score (nSPS) is 11.2. The minimum Gasteiger partial charge on any atom is -0.481 e. The van der Waals surface area contributed by atoms with Crippen LogP contribution in [0.3, 0.4) is 0 Å². The van der Waals surface area contributed by atoms with Crippen molar-refractivity contribution in [3.63, 3.8) is 0 Å². The second-order valence-corrected chi connectivity index (χ2v) is 5.85. The highest BCUT2D eigenvalue weighted by molar-refractivity contribution is 6.42. The van der Waals surface area contributed by atoms with Crippen LogP contribution >= 0.6 is 23.2 Å². The third-order valence-electron chi connectivity index (χ3n) is 3.37. The number of halogens is 2. The molecule has 0 aliphatic heterocycles. The van der Waals surface area contributed by atoms with Gasteiger partial charge in [0.15, 0.2) is 0 Å². The summed E-state index contributed by atoms with van der Waals surface area (Å²) in [7, 11) is 0. The van der Waals surface area contributed by atoms with E-state index in [2.05, 4.69) is 16.5 Å². The molecule has 0 fully saturated rings. The molecule has 21 heavy (non-hydrogen) atoms. The molecule has 1 aromatic heterocycles. The van der Waals surface area contributed by atoms with Gasteiger partial charge in [0, 0.05) is 19.4 Å². The first-order valence-corrected chi connectivity index (χ1v) is 7.84. The molecule has 1 heterocycles. The van der Waals surface area contributed by atoms with Gasteiger partial charge in [-0.3, -0.25) is 4.79 Å². The van der Waals surface area contributed by atoms with Crippen molar-refractivity contribution < 1.29 is 9.90 Å². The molecule has 4 nitrogen and oxygen atoms in total. The zero-order valence-corrected chi connectivity index (χ0v) is 13.4. The number of carboxylic acids is 1. The summed E-state index contributed by atoms with van der Waals surface area (Å²) in [6, 6.07) is 3.62. The van der Waals surface area contributed by atoms with Crippen LogP contribution in [0.4, 0.5) is 0 Å². The fourth-order valence-electron chi connectivity index (χ4n) is 2.38. The molecule has 0 amide bonds. The van der Waals surface area contributed by atoms with Crippen LogP contribution in [0.15, 0.2) is 12.1 Å². The highest BCUT2D eigenvalue weighted by Gasteiger charge is 2.12. The molecule has 1 aromatic carbocycles. The molecule has 2 aromatic rings. The minimum absolute atomic E-state index is 0.197. The Morgan fingerprint density at radius 1 is 1.29 bits per heavy atom. The third-order valence-corrected chi connectivity index (χ3v) is 4.09.